The molecule has 3 nitrogen and oxygen atoms in total. The molecule has 2 aliphatic heterocycles. The molecule has 0 aliphatic carbocycles. The van der Waals surface area contributed by atoms with E-state index in [-0.39, 0.29) is 36.3 Å². The predicted octanol–water partition coefficient (Wildman–Crippen LogP) is 5.43. The molecule has 0 spiro atoms. The molecule has 2 saturated heterocycles. The first-order chi connectivity index (χ1) is 14.1. The monoisotopic (exact) mass is 390 g/mol. The molecular formula is C26H30O3. The van der Waals surface area contributed by atoms with Crippen LogP contribution in [0.4, 0.5) is 0 Å². The van der Waals surface area contributed by atoms with E-state index in [9.17, 15) is 0 Å². The SMILES string of the molecule is C=Cc1ccccc1C(C)C(OC(C1CO1)C(C)c1ccccc1C=C)C1CO1. The van der Waals surface area contributed by atoms with E-state index in [1.165, 1.54) is 11.1 Å². The zero-order chi connectivity index (χ0) is 20.4. The molecule has 0 saturated carbocycles. The van der Waals surface area contributed by atoms with Crippen molar-refractivity contribution in [2.75, 3.05) is 13.2 Å². The number of ether oxygens (including phenoxy) is 3. The van der Waals surface area contributed by atoms with E-state index >= 15 is 0 Å². The highest BCUT2D eigenvalue weighted by atomic mass is 16.6. The summed E-state index contributed by atoms with van der Waals surface area (Å²) in [4.78, 5) is 0. The van der Waals surface area contributed by atoms with Crippen LogP contribution in [0.5, 0.6) is 0 Å². The third kappa shape index (κ3) is 4.37. The number of hydrogen-bond donors (Lipinski definition) is 0. The van der Waals surface area contributed by atoms with Gasteiger partial charge in [0.15, 0.2) is 0 Å². The van der Waals surface area contributed by atoms with E-state index in [1.807, 2.05) is 24.3 Å². The van der Waals surface area contributed by atoms with Crippen molar-refractivity contribution >= 4 is 12.2 Å². The van der Waals surface area contributed by atoms with Crippen LogP contribution in [0.15, 0.2) is 61.7 Å². The summed E-state index contributed by atoms with van der Waals surface area (Å²) >= 11 is 0. The fourth-order valence-electron chi connectivity index (χ4n) is 4.30. The Morgan fingerprint density at radius 1 is 0.793 bits per heavy atom. The molecule has 6 unspecified atom stereocenters. The van der Waals surface area contributed by atoms with E-state index in [2.05, 4.69) is 63.4 Å². The molecular weight excluding hydrogens is 360 g/mol. The predicted molar refractivity (Wildman–Crippen MR) is 118 cm³/mol. The molecule has 2 aromatic carbocycles. The highest BCUT2D eigenvalue weighted by Gasteiger charge is 2.45. The lowest BCUT2D eigenvalue weighted by Crippen LogP contribution is -2.37. The Kier molecular flexibility index (Phi) is 6.00. The molecule has 0 radical (unpaired) electrons. The van der Waals surface area contributed by atoms with Crippen molar-refractivity contribution in [2.24, 2.45) is 0 Å². The molecule has 2 aliphatic rings. The average molecular weight is 391 g/mol. The first-order valence-corrected chi connectivity index (χ1v) is 10.5. The average Bonchev–Trinajstić information content (AvgIpc) is 3.67. The van der Waals surface area contributed by atoms with Crippen LogP contribution in [0, 0.1) is 0 Å². The Balaban J connectivity index is 1.60. The van der Waals surface area contributed by atoms with Gasteiger partial charge in [-0.25, -0.2) is 0 Å². The van der Waals surface area contributed by atoms with Gasteiger partial charge in [0.2, 0.25) is 0 Å². The molecule has 2 aromatic rings. The summed E-state index contributed by atoms with van der Waals surface area (Å²) in [5.74, 6) is 0.389. The largest absolute Gasteiger partial charge is 0.370 e. The molecule has 0 aromatic heterocycles. The van der Waals surface area contributed by atoms with Crippen molar-refractivity contribution in [3.05, 3.63) is 83.9 Å². The van der Waals surface area contributed by atoms with Crippen LogP contribution in [0.3, 0.4) is 0 Å². The van der Waals surface area contributed by atoms with Crippen molar-refractivity contribution in [1.82, 2.24) is 0 Å². The molecule has 29 heavy (non-hydrogen) atoms. The Morgan fingerprint density at radius 2 is 1.17 bits per heavy atom. The second-order valence-electron chi connectivity index (χ2n) is 8.05. The van der Waals surface area contributed by atoms with E-state index in [0.29, 0.717) is 0 Å². The Bertz CT molecular complexity index is 794. The van der Waals surface area contributed by atoms with Crippen LogP contribution in [-0.2, 0) is 14.2 Å². The van der Waals surface area contributed by atoms with Crippen LogP contribution < -0.4 is 0 Å². The summed E-state index contributed by atoms with van der Waals surface area (Å²) in [5.41, 5.74) is 4.80. The summed E-state index contributed by atoms with van der Waals surface area (Å²) in [6, 6.07) is 16.8. The first-order valence-electron chi connectivity index (χ1n) is 10.5. The van der Waals surface area contributed by atoms with Crippen molar-refractivity contribution in [3.63, 3.8) is 0 Å². The summed E-state index contributed by atoms with van der Waals surface area (Å²) in [6.45, 7) is 13.9. The van der Waals surface area contributed by atoms with Gasteiger partial charge in [-0.1, -0.05) is 87.7 Å². The fraction of sp³-hybridized carbons (Fsp3) is 0.385. The maximum Gasteiger partial charge on any atom is 0.108 e. The maximum absolute atomic E-state index is 6.81. The van der Waals surface area contributed by atoms with E-state index in [0.717, 1.165) is 24.3 Å². The van der Waals surface area contributed by atoms with Gasteiger partial charge in [0.05, 0.1) is 25.4 Å². The molecule has 3 heteroatoms. The zero-order valence-corrected chi connectivity index (χ0v) is 17.3. The second kappa shape index (κ2) is 8.66. The standard InChI is InChI=1S/C26H30O3/c1-5-19-11-7-9-13-21(19)17(3)25(23-15-27-23)29-26(24-16-28-24)18(4)22-14-10-8-12-20(22)6-2/h5-14,17-18,23-26H,1-2,15-16H2,3-4H3. The number of rotatable bonds is 10. The molecule has 2 heterocycles. The summed E-state index contributed by atoms with van der Waals surface area (Å²) in [6.07, 6.45) is 4.05. The third-order valence-electron chi connectivity index (χ3n) is 6.16. The van der Waals surface area contributed by atoms with E-state index in [1.54, 1.807) is 0 Å². The fourth-order valence-corrected chi connectivity index (χ4v) is 4.30. The summed E-state index contributed by atoms with van der Waals surface area (Å²) < 4.78 is 18.2. The molecule has 4 rings (SSSR count). The van der Waals surface area contributed by atoms with Crippen LogP contribution in [0.25, 0.3) is 12.2 Å². The minimum Gasteiger partial charge on any atom is -0.370 e. The van der Waals surface area contributed by atoms with Crippen molar-refractivity contribution in [2.45, 2.75) is 50.1 Å². The molecule has 0 N–H and O–H groups in total. The first kappa shape index (κ1) is 20.1. The lowest BCUT2D eigenvalue weighted by Gasteiger charge is -2.32. The molecule has 6 atom stereocenters. The summed E-state index contributed by atoms with van der Waals surface area (Å²) in [5, 5.41) is 0. The summed E-state index contributed by atoms with van der Waals surface area (Å²) in [7, 11) is 0. The molecule has 0 bridgehead atoms. The van der Waals surface area contributed by atoms with Gasteiger partial charge in [-0.3, -0.25) is 0 Å². The molecule has 0 amide bonds. The number of epoxide rings is 2. The van der Waals surface area contributed by atoms with Gasteiger partial charge in [0.1, 0.15) is 12.2 Å². The second-order valence-corrected chi connectivity index (χ2v) is 8.05. The van der Waals surface area contributed by atoms with Gasteiger partial charge >= 0.3 is 0 Å². The minimum atomic E-state index is -0.0244. The van der Waals surface area contributed by atoms with Crippen LogP contribution in [-0.4, -0.2) is 37.6 Å². The van der Waals surface area contributed by atoms with Crippen LogP contribution >= 0.6 is 0 Å². The van der Waals surface area contributed by atoms with Crippen LogP contribution in [0.2, 0.25) is 0 Å². The smallest absolute Gasteiger partial charge is 0.108 e. The van der Waals surface area contributed by atoms with Gasteiger partial charge < -0.3 is 14.2 Å². The maximum atomic E-state index is 6.81. The number of hydrogen-bond acceptors (Lipinski definition) is 3. The van der Waals surface area contributed by atoms with Crippen molar-refractivity contribution in [3.8, 4) is 0 Å². The number of benzene rings is 2. The third-order valence-corrected chi connectivity index (χ3v) is 6.16. The van der Waals surface area contributed by atoms with Gasteiger partial charge in [-0.2, -0.15) is 0 Å². The molecule has 152 valence electrons. The topological polar surface area (TPSA) is 34.3 Å². The van der Waals surface area contributed by atoms with Gasteiger partial charge in [0.25, 0.3) is 0 Å². The Morgan fingerprint density at radius 3 is 1.52 bits per heavy atom. The van der Waals surface area contributed by atoms with Gasteiger partial charge in [-0.05, 0) is 22.3 Å². The normalized spacial score (nSPS) is 24.2. The minimum absolute atomic E-state index is 0.0244. The van der Waals surface area contributed by atoms with E-state index < -0.39 is 0 Å². The highest BCUT2D eigenvalue weighted by Crippen LogP contribution is 2.39. The van der Waals surface area contributed by atoms with Crippen molar-refractivity contribution in [1.29, 1.82) is 0 Å². The quantitative estimate of drug-likeness (QED) is 0.507. The highest BCUT2D eigenvalue weighted by molar-refractivity contribution is 5.54. The Hall–Kier alpha value is -2.20. The lowest BCUT2D eigenvalue weighted by atomic mass is 9.87. The van der Waals surface area contributed by atoms with E-state index in [4.69, 9.17) is 14.2 Å². The lowest BCUT2D eigenvalue weighted by molar-refractivity contribution is -0.0580. The van der Waals surface area contributed by atoms with Crippen LogP contribution in [0.1, 0.15) is 47.9 Å². The van der Waals surface area contributed by atoms with Gasteiger partial charge in [-0.15, -0.1) is 0 Å². The Labute approximate surface area is 174 Å². The zero-order valence-electron chi connectivity index (χ0n) is 17.3. The van der Waals surface area contributed by atoms with Gasteiger partial charge in [0, 0.05) is 11.8 Å². The van der Waals surface area contributed by atoms with Crippen molar-refractivity contribution < 1.29 is 14.2 Å². The molecule has 2 fully saturated rings.